The van der Waals surface area contributed by atoms with Gasteiger partial charge in [0.1, 0.15) is 0 Å². The van der Waals surface area contributed by atoms with Gasteiger partial charge in [-0.2, -0.15) is 13.2 Å². The minimum Gasteiger partial charge on any atom is -0.380 e. The molecule has 1 atom stereocenters. The first kappa shape index (κ1) is 19.9. The molecule has 0 radical (unpaired) electrons. The van der Waals surface area contributed by atoms with Crippen LogP contribution >= 0.6 is 0 Å². The van der Waals surface area contributed by atoms with Gasteiger partial charge in [0.2, 0.25) is 0 Å². The monoisotopic (exact) mass is 335 g/mol. The van der Waals surface area contributed by atoms with Gasteiger partial charge in [0.05, 0.1) is 19.7 Å². The summed E-state index contributed by atoms with van der Waals surface area (Å²) < 4.78 is 53.7. The van der Waals surface area contributed by atoms with Crippen molar-refractivity contribution in [3.05, 3.63) is 35.4 Å². The molecule has 1 rings (SSSR count). The summed E-state index contributed by atoms with van der Waals surface area (Å²) in [5.41, 5.74) is 1.76. The first-order valence-corrected chi connectivity index (χ1v) is 7.25. The third-order valence-corrected chi connectivity index (χ3v) is 3.61. The van der Waals surface area contributed by atoms with E-state index in [0.717, 1.165) is 11.1 Å². The SMILES string of the molecule is COCc1ccc(C(C)N(CC(OC)OC)CC(F)(F)F)cc1. The summed E-state index contributed by atoms with van der Waals surface area (Å²) in [6.07, 6.45) is -5.01. The van der Waals surface area contributed by atoms with Crippen molar-refractivity contribution in [1.82, 2.24) is 4.90 Å². The van der Waals surface area contributed by atoms with Crippen molar-refractivity contribution in [3.8, 4) is 0 Å². The molecule has 0 saturated carbocycles. The molecule has 0 spiro atoms. The summed E-state index contributed by atoms with van der Waals surface area (Å²) in [5, 5.41) is 0. The zero-order chi connectivity index (χ0) is 17.5. The maximum Gasteiger partial charge on any atom is 0.401 e. The Balaban J connectivity index is 2.90. The number of methoxy groups -OCH3 is 3. The fourth-order valence-electron chi connectivity index (χ4n) is 2.30. The molecule has 0 bridgehead atoms. The van der Waals surface area contributed by atoms with Crippen molar-refractivity contribution >= 4 is 0 Å². The number of hydrogen-bond acceptors (Lipinski definition) is 4. The summed E-state index contributed by atoms with van der Waals surface area (Å²) in [6.45, 7) is 1.19. The smallest absolute Gasteiger partial charge is 0.380 e. The molecule has 1 unspecified atom stereocenters. The van der Waals surface area contributed by atoms with Gasteiger partial charge >= 0.3 is 6.18 Å². The summed E-state index contributed by atoms with van der Waals surface area (Å²) >= 11 is 0. The molecular weight excluding hydrogens is 311 g/mol. The molecule has 0 N–H and O–H groups in total. The largest absolute Gasteiger partial charge is 0.401 e. The van der Waals surface area contributed by atoms with E-state index in [1.54, 1.807) is 14.0 Å². The fourth-order valence-corrected chi connectivity index (χ4v) is 2.30. The molecule has 23 heavy (non-hydrogen) atoms. The first-order chi connectivity index (χ1) is 10.8. The molecule has 1 aromatic rings. The highest BCUT2D eigenvalue weighted by Crippen LogP contribution is 2.26. The zero-order valence-corrected chi connectivity index (χ0v) is 13.9. The van der Waals surface area contributed by atoms with Gasteiger partial charge in [-0.1, -0.05) is 24.3 Å². The van der Waals surface area contributed by atoms with Gasteiger partial charge in [0.15, 0.2) is 6.29 Å². The van der Waals surface area contributed by atoms with E-state index in [1.807, 2.05) is 24.3 Å². The Labute approximate surface area is 135 Å². The molecular formula is C16H24F3NO3. The second-order valence-corrected chi connectivity index (χ2v) is 5.30. The number of halogens is 3. The van der Waals surface area contributed by atoms with Crippen LogP contribution in [0.1, 0.15) is 24.1 Å². The van der Waals surface area contributed by atoms with E-state index in [-0.39, 0.29) is 6.54 Å². The van der Waals surface area contributed by atoms with Crippen LogP contribution < -0.4 is 0 Å². The van der Waals surface area contributed by atoms with Crippen LogP contribution in [-0.4, -0.2) is 51.8 Å². The van der Waals surface area contributed by atoms with E-state index in [1.165, 1.54) is 19.1 Å². The number of benzene rings is 1. The van der Waals surface area contributed by atoms with Gasteiger partial charge in [-0.25, -0.2) is 0 Å². The summed E-state index contributed by atoms with van der Waals surface area (Å²) in [6, 6.07) is 6.91. The lowest BCUT2D eigenvalue weighted by molar-refractivity contribution is -0.170. The molecule has 1 aromatic carbocycles. The Morgan fingerprint density at radius 1 is 1.04 bits per heavy atom. The predicted octanol–water partition coefficient (Wildman–Crippen LogP) is 3.38. The van der Waals surface area contributed by atoms with Crippen LogP contribution in [0.5, 0.6) is 0 Å². The maximum atomic E-state index is 12.9. The van der Waals surface area contributed by atoms with Crippen LogP contribution in [-0.2, 0) is 20.8 Å². The van der Waals surface area contributed by atoms with E-state index >= 15 is 0 Å². The Kier molecular flexibility index (Phi) is 7.98. The van der Waals surface area contributed by atoms with Crippen molar-refractivity contribution in [1.29, 1.82) is 0 Å². The van der Waals surface area contributed by atoms with Gasteiger partial charge < -0.3 is 14.2 Å². The van der Waals surface area contributed by atoms with Gasteiger partial charge in [-0.05, 0) is 18.1 Å². The number of nitrogens with zero attached hydrogens (tertiary/aromatic N) is 1. The van der Waals surface area contributed by atoms with Crippen molar-refractivity contribution in [2.24, 2.45) is 0 Å². The third kappa shape index (κ3) is 6.87. The van der Waals surface area contributed by atoms with Gasteiger partial charge in [-0.15, -0.1) is 0 Å². The fraction of sp³-hybridized carbons (Fsp3) is 0.625. The summed E-state index contributed by atoms with van der Waals surface area (Å²) in [5.74, 6) is 0. The summed E-state index contributed by atoms with van der Waals surface area (Å²) in [7, 11) is 4.41. The molecule has 0 heterocycles. The van der Waals surface area contributed by atoms with Crippen molar-refractivity contribution in [3.63, 3.8) is 0 Å². The van der Waals surface area contributed by atoms with Crippen LogP contribution in [0.25, 0.3) is 0 Å². The minimum atomic E-state index is -4.30. The topological polar surface area (TPSA) is 30.9 Å². The van der Waals surface area contributed by atoms with Gasteiger partial charge in [-0.3, -0.25) is 4.90 Å². The molecule has 0 amide bonds. The van der Waals surface area contributed by atoms with Crippen LogP contribution in [0.3, 0.4) is 0 Å². The lowest BCUT2D eigenvalue weighted by atomic mass is 10.0. The molecule has 4 nitrogen and oxygen atoms in total. The second-order valence-electron chi connectivity index (χ2n) is 5.30. The average molecular weight is 335 g/mol. The molecule has 0 aliphatic rings. The van der Waals surface area contributed by atoms with Crippen LogP contribution in [0.15, 0.2) is 24.3 Å². The lowest BCUT2D eigenvalue weighted by Gasteiger charge is -2.32. The maximum absolute atomic E-state index is 12.9. The predicted molar refractivity (Wildman–Crippen MR) is 81.0 cm³/mol. The molecule has 7 heteroatoms. The molecule has 0 saturated heterocycles. The standard InChI is InChI=1S/C16H24F3NO3/c1-12(14-7-5-13(6-8-14)10-21-2)20(11-16(17,18)19)9-15(22-3)23-4/h5-8,12,15H,9-11H2,1-4H3. The molecule has 132 valence electrons. The second kappa shape index (κ2) is 9.22. The van der Waals surface area contributed by atoms with E-state index in [9.17, 15) is 13.2 Å². The van der Waals surface area contributed by atoms with Crippen molar-refractivity contribution in [2.75, 3.05) is 34.4 Å². The van der Waals surface area contributed by atoms with Crippen molar-refractivity contribution < 1.29 is 27.4 Å². The highest BCUT2D eigenvalue weighted by atomic mass is 19.4. The molecule has 0 aromatic heterocycles. The van der Waals surface area contributed by atoms with Crippen molar-refractivity contribution in [2.45, 2.75) is 32.0 Å². The van der Waals surface area contributed by atoms with Gasteiger partial charge in [0, 0.05) is 27.4 Å². The Bertz CT molecular complexity index is 447. The number of rotatable bonds is 9. The normalized spacial score (nSPS) is 13.8. The van der Waals surface area contributed by atoms with E-state index in [2.05, 4.69) is 0 Å². The highest BCUT2D eigenvalue weighted by molar-refractivity contribution is 5.24. The van der Waals surface area contributed by atoms with Crippen LogP contribution in [0.2, 0.25) is 0 Å². The van der Waals surface area contributed by atoms with E-state index in [0.29, 0.717) is 6.61 Å². The average Bonchev–Trinajstić information content (AvgIpc) is 2.50. The molecule has 0 aliphatic heterocycles. The van der Waals surface area contributed by atoms with E-state index < -0.39 is 25.1 Å². The Hall–Kier alpha value is -1.15. The van der Waals surface area contributed by atoms with Gasteiger partial charge in [0.25, 0.3) is 0 Å². The quantitative estimate of drug-likeness (QED) is 0.648. The number of alkyl halides is 3. The Morgan fingerprint density at radius 2 is 1.61 bits per heavy atom. The Morgan fingerprint density at radius 3 is 2.04 bits per heavy atom. The minimum absolute atomic E-state index is 0.0213. The molecule has 0 fully saturated rings. The van der Waals surface area contributed by atoms with E-state index in [4.69, 9.17) is 14.2 Å². The number of ether oxygens (including phenoxy) is 3. The van der Waals surface area contributed by atoms with Crippen LogP contribution in [0, 0.1) is 0 Å². The third-order valence-electron chi connectivity index (χ3n) is 3.61. The highest BCUT2D eigenvalue weighted by Gasteiger charge is 2.34. The van der Waals surface area contributed by atoms with Crippen LogP contribution in [0.4, 0.5) is 13.2 Å². The first-order valence-electron chi connectivity index (χ1n) is 7.25. The summed E-state index contributed by atoms with van der Waals surface area (Å²) in [4.78, 5) is 1.29. The molecule has 0 aliphatic carbocycles. The zero-order valence-electron chi connectivity index (χ0n) is 13.9. The lowest BCUT2D eigenvalue weighted by Crippen LogP contribution is -2.41. The number of hydrogen-bond donors (Lipinski definition) is 0.